The van der Waals surface area contributed by atoms with Gasteiger partial charge in [0, 0.05) is 38.0 Å². The van der Waals surface area contributed by atoms with Gasteiger partial charge in [0.2, 0.25) is 0 Å². The van der Waals surface area contributed by atoms with E-state index in [1.54, 1.807) is 0 Å². The van der Waals surface area contributed by atoms with E-state index in [9.17, 15) is 0 Å². The molecule has 1 fully saturated rings. The molecule has 18 heavy (non-hydrogen) atoms. The summed E-state index contributed by atoms with van der Waals surface area (Å²) in [7, 11) is 2.09. The first-order valence-electron chi connectivity index (χ1n) is 6.66. The Morgan fingerprint density at radius 2 is 2.33 bits per heavy atom. The first kappa shape index (κ1) is 13.3. The first-order valence-corrected chi connectivity index (χ1v) is 6.66. The zero-order valence-corrected chi connectivity index (χ0v) is 11.4. The number of ether oxygens (including phenoxy) is 1. The Balaban J connectivity index is 2.07. The molecular weight excluding hydrogens is 226 g/mol. The Kier molecular flexibility index (Phi) is 4.55. The van der Waals surface area contributed by atoms with Crippen molar-refractivity contribution in [2.75, 3.05) is 31.7 Å². The van der Waals surface area contributed by atoms with Gasteiger partial charge < -0.3 is 15.4 Å². The lowest BCUT2D eigenvalue weighted by Gasteiger charge is -2.29. The van der Waals surface area contributed by atoms with Gasteiger partial charge in [-0.05, 0) is 31.7 Å². The summed E-state index contributed by atoms with van der Waals surface area (Å²) in [6, 6.07) is 4.09. The van der Waals surface area contributed by atoms with Gasteiger partial charge in [-0.15, -0.1) is 0 Å². The topological polar surface area (TPSA) is 51.4 Å². The van der Waals surface area contributed by atoms with Crippen LogP contribution in [0.2, 0.25) is 0 Å². The maximum Gasteiger partial charge on any atom is 0.133 e. The van der Waals surface area contributed by atoms with Gasteiger partial charge in [0.1, 0.15) is 5.82 Å². The lowest BCUT2D eigenvalue weighted by molar-refractivity contribution is 0.0576. The Morgan fingerprint density at radius 1 is 1.50 bits per heavy atom. The molecule has 1 saturated heterocycles. The molecule has 0 radical (unpaired) electrons. The van der Waals surface area contributed by atoms with Crippen LogP contribution < -0.4 is 10.6 Å². The lowest BCUT2D eigenvalue weighted by Crippen LogP contribution is -2.32. The van der Waals surface area contributed by atoms with Crippen LogP contribution in [0.1, 0.15) is 24.1 Å². The zero-order valence-electron chi connectivity index (χ0n) is 11.4. The average molecular weight is 249 g/mol. The third kappa shape index (κ3) is 3.21. The highest BCUT2D eigenvalue weighted by Gasteiger charge is 2.18. The van der Waals surface area contributed by atoms with Gasteiger partial charge >= 0.3 is 0 Å². The molecule has 100 valence electrons. The summed E-state index contributed by atoms with van der Waals surface area (Å²) in [6.45, 7) is 5.32. The fraction of sp³-hybridized carbons (Fsp3) is 0.643. The molecule has 0 spiro atoms. The SMILES string of the molecule is Cc1ccc(CN)c(N(C)CC2CCCOC2)n1. The van der Waals surface area contributed by atoms with Crippen molar-refractivity contribution in [1.82, 2.24) is 4.98 Å². The van der Waals surface area contributed by atoms with Gasteiger partial charge in [-0.2, -0.15) is 0 Å². The van der Waals surface area contributed by atoms with Crippen molar-refractivity contribution in [3.8, 4) is 0 Å². The summed E-state index contributed by atoms with van der Waals surface area (Å²) in [5.41, 5.74) is 7.93. The van der Waals surface area contributed by atoms with Crippen LogP contribution >= 0.6 is 0 Å². The van der Waals surface area contributed by atoms with Crippen LogP contribution in [0.4, 0.5) is 5.82 Å². The third-order valence-corrected chi connectivity index (χ3v) is 3.46. The molecule has 1 aromatic heterocycles. The summed E-state index contributed by atoms with van der Waals surface area (Å²) >= 11 is 0. The minimum atomic E-state index is 0.536. The van der Waals surface area contributed by atoms with Crippen LogP contribution in [0.25, 0.3) is 0 Å². The Labute approximate surface area is 109 Å². The number of aromatic nitrogens is 1. The second kappa shape index (κ2) is 6.16. The number of hydrogen-bond acceptors (Lipinski definition) is 4. The highest BCUT2D eigenvalue weighted by atomic mass is 16.5. The van der Waals surface area contributed by atoms with E-state index in [1.807, 2.05) is 13.0 Å². The van der Waals surface area contributed by atoms with E-state index in [2.05, 4.69) is 23.0 Å². The van der Waals surface area contributed by atoms with Gasteiger partial charge in [-0.1, -0.05) is 6.07 Å². The largest absolute Gasteiger partial charge is 0.381 e. The summed E-state index contributed by atoms with van der Waals surface area (Å²) in [5.74, 6) is 1.62. The Bertz CT molecular complexity index is 389. The van der Waals surface area contributed by atoms with Crippen LogP contribution in [-0.2, 0) is 11.3 Å². The molecule has 0 aromatic carbocycles. The molecule has 4 heteroatoms. The molecule has 1 aliphatic heterocycles. The van der Waals surface area contributed by atoms with Gasteiger partial charge in [-0.25, -0.2) is 4.98 Å². The fourth-order valence-electron chi connectivity index (χ4n) is 2.49. The molecule has 0 amide bonds. The van der Waals surface area contributed by atoms with Gasteiger partial charge in [0.05, 0.1) is 6.61 Å². The van der Waals surface area contributed by atoms with Crippen molar-refractivity contribution in [3.05, 3.63) is 23.4 Å². The number of anilines is 1. The molecule has 2 N–H and O–H groups in total. The van der Waals surface area contributed by atoms with Crippen molar-refractivity contribution in [1.29, 1.82) is 0 Å². The smallest absolute Gasteiger partial charge is 0.133 e. The molecule has 1 atom stereocenters. The van der Waals surface area contributed by atoms with Crippen LogP contribution in [-0.4, -0.2) is 31.8 Å². The van der Waals surface area contributed by atoms with Crippen LogP contribution in [0, 0.1) is 12.8 Å². The fourth-order valence-corrected chi connectivity index (χ4v) is 2.49. The van der Waals surface area contributed by atoms with Gasteiger partial charge in [0.25, 0.3) is 0 Å². The maximum atomic E-state index is 5.78. The van der Waals surface area contributed by atoms with E-state index in [1.165, 1.54) is 12.8 Å². The summed E-state index contributed by atoms with van der Waals surface area (Å²) in [4.78, 5) is 6.83. The maximum absolute atomic E-state index is 5.78. The van der Waals surface area contributed by atoms with Crippen LogP contribution in [0.5, 0.6) is 0 Å². The van der Waals surface area contributed by atoms with Crippen LogP contribution in [0.3, 0.4) is 0 Å². The van der Waals surface area contributed by atoms with E-state index < -0.39 is 0 Å². The average Bonchev–Trinajstić information content (AvgIpc) is 2.40. The summed E-state index contributed by atoms with van der Waals surface area (Å²) in [5, 5.41) is 0. The predicted molar refractivity (Wildman–Crippen MR) is 73.7 cm³/mol. The molecular formula is C14H23N3O. The van der Waals surface area contributed by atoms with E-state index in [4.69, 9.17) is 10.5 Å². The molecule has 1 aromatic rings. The molecule has 1 unspecified atom stereocenters. The zero-order chi connectivity index (χ0) is 13.0. The minimum Gasteiger partial charge on any atom is -0.381 e. The Morgan fingerprint density at radius 3 is 3.00 bits per heavy atom. The molecule has 4 nitrogen and oxygen atoms in total. The molecule has 2 heterocycles. The van der Waals surface area contributed by atoms with Gasteiger partial charge in [-0.3, -0.25) is 0 Å². The van der Waals surface area contributed by atoms with E-state index in [-0.39, 0.29) is 0 Å². The number of aryl methyl sites for hydroxylation is 1. The van der Waals surface area contributed by atoms with Gasteiger partial charge in [0.15, 0.2) is 0 Å². The normalized spacial score (nSPS) is 19.8. The van der Waals surface area contributed by atoms with E-state index in [0.29, 0.717) is 12.5 Å². The monoisotopic (exact) mass is 249 g/mol. The van der Waals surface area contributed by atoms with Crippen molar-refractivity contribution in [3.63, 3.8) is 0 Å². The highest BCUT2D eigenvalue weighted by Crippen LogP contribution is 2.21. The van der Waals surface area contributed by atoms with Crippen molar-refractivity contribution >= 4 is 5.82 Å². The number of hydrogen-bond donors (Lipinski definition) is 1. The number of nitrogens with zero attached hydrogens (tertiary/aromatic N) is 2. The van der Waals surface area contributed by atoms with E-state index >= 15 is 0 Å². The van der Waals surface area contributed by atoms with E-state index in [0.717, 1.165) is 36.8 Å². The van der Waals surface area contributed by atoms with Crippen molar-refractivity contribution in [2.24, 2.45) is 11.7 Å². The molecule has 0 aliphatic carbocycles. The summed E-state index contributed by atoms with van der Waals surface area (Å²) < 4.78 is 5.53. The standard InChI is InChI=1S/C14H23N3O/c1-11-5-6-13(8-15)14(16-11)17(2)9-12-4-3-7-18-10-12/h5-6,12H,3-4,7-10,15H2,1-2H3. The first-order chi connectivity index (χ1) is 8.70. The third-order valence-electron chi connectivity index (χ3n) is 3.46. The second-order valence-corrected chi connectivity index (χ2v) is 5.10. The molecule has 0 saturated carbocycles. The predicted octanol–water partition coefficient (Wildman–Crippen LogP) is 1.71. The highest BCUT2D eigenvalue weighted by molar-refractivity contribution is 5.47. The minimum absolute atomic E-state index is 0.536. The number of nitrogens with two attached hydrogens (primary N) is 1. The summed E-state index contributed by atoms with van der Waals surface area (Å²) in [6.07, 6.45) is 2.41. The Hall–Kier alpha value is -1.13. The molecule has 2 rings (SSSR count). The number of pyridine rings is 1. The second-order valence-electron chi connectivity index (χ2n) is 5.10. The number of rotatable bonds is 4. The lowest BCUT2D eigenvalue weighted by atomic mass is 10.0. The van der Waals surface area contributed by atoms with Crippen molar-refractivity contribution < 1.29 is 4.74 Å². The van der Waals surface area contributed by atoms with Crippen molar-refractivity contribution in [2.45, 2.75) is 26.3 Å². The quantitative estimate of drug-likeness (QED) is 0.882. The molecule has 1 aliphatic rings. The molecule has 0 bridgehead atoms. The van der Waals surface area contributed by atoms with Crippen LogP contribution in [0.15, 0.2) is 12.1 Å².